The number of alkyl halides is 3. The molecule has 210 valence electrons. The van der Waals surface area contributed by atoms with Crippen molar-refractivity contribution in [2.75, 3.05) is 7.11 Å². The van der Waals surface area contributed by atoms with E-state index in [-0.39, 0.29) is 28.5 Å². The summed E-state index contributed by atoms with van der Waals surface area (Å²) in [6, 6.07) is 10.9. The summed E-state index contributed by atoms with van der Waals surface area (Å²) in [4.78, 5) is 43.6. The number of fused-ring (bicyclic) bond motifs is 1. The lowest BCUT2D eigenvalue weighted by Gasteiger charge is -2.22. The number of aromatic nitrogens is 3. The lowest BCUT2D eigenvalue weighted by Crippen LogP contribution is -2.45. The molecule has 13 heteroatoms. The van der Waals surface area contributed by atoms with Gasteiger partial charge in [-0.15, -0.1) is 0 Å². The number of hydrogen-bond acceptors (Lipinski definition) is 7. The molecule has 1 saturated heterocycles. The van der Waals surface area contributed by atoms with E-state index < -0.39 is 34.9 Å². The van der Waals surface area contributed by atoms with E-state index in [9.17, 15) is 27.6 Å². The Kier molecular flexibility index (Phi) is 7.87. The average Bonchev–Trinajstić information content (AvgIpc) is 3.46. The SMILES string of the molecule is COC(=O)C(Cc1cccnc1)N1C(=O)SC(=Cc2ccc3c(cnn3Cc3ccc(Cl)cc3C(F)(F)F)c2)C1=O. The first kappa shape index (κ1) is 28.4. The van der Waals surface area contributed by atoms with E-state index >= 15 is 0 Å². The van der Waals surface area contributed by atoms with Crippen molar-refractivity contribution in [1.29, 1.82) is 0 Å². The van der Waals surface area contributed by atoms with Crippen LogP contribution in [0.3, 0.4) is 0 Å². The number of hydrogen-bond donors (Lipinski definition) is 0. The van der Waals surface area contributed by atoms with Crippen LogP contribution in [-0.2, 0) is 33.5 Å². The van der Waals surface area contributed by atoms with E-state index in [0.717, 1.165) is 11.0 Å². The van der Waals surface area contributed by atoms with Gasteiger partial charge in [0.1, 0.15) is 6.04 Å². The van der Waals surface area contributed by atoms with Gasteiger partial charge in [-0.3, -0.25) is 24.2 Å². The molecule has 41 heavy (non-hydrogen) atoms. The lowest BCUT2D eigenvalue weighted by molar-refractivity contribution is -0.148. The third-order valence-corrected chi connectivity index (χ3v) is 7.54. The molecule has 8 nitrogen and oxygen atoms in total. The topological polar surface area (TPSA) is 94.4 Å². The maximum Gasteiger partial charge on any atom is 0.416 e. The molecule has 1 unspecified atom stereocenters. The molecule has 0 bridgehead atoms. The second-order valence-corrected chi connectivity index (χ2v) is 10.5. The third kappa shape index (κ3) is 5.98. The van der Waals surface area contributed by atoms with Crippen LogP contribution in [0.5, 0.6) is 0 Å². The van der Waals surface area contributed by atoms with Crippen molar-refractivity contribution < 1.29 is 32.3 Å². The Labute approximate surface area is 240 Å². The molecule has 1 aliphatic heterocycles. The molecule has 5 rings (SSSR count). The summed E-state index contributed by atoms with van der Waals surface area (Å²) in [6.45, 7) is -0.139. The van der Waals surface area contributed by atoms with Crippen molar-refractivity contribution in [3.63, 3.8) is 0 Å². The smallest absolute Gasteiger partial charge is 0.416 e. The number of benzene rings is 2. The molecule has 0 radical (unpaired) electrons. The molecule has 2 amide bonds. The van der Waals surface area contributed by atoms with Gasteiger partial charge in [0.2, 0.25) is 0 Å². The molecule has 1 atom stereocenters. The average molecular weight is 601 g/mol. The van der Waals surface area contributed by atoms with Crippen molar-refractivity contribution in [1.82, 2.24) is 19.7 Å². The fourth-order valence-corrected chi connectivity index (χ4v) is 5.54. The van der Waals surface area contributed by atoms with Gasteiger partial charge < -0.3 is 4.74 Å². The van der Waals surface area contributed by atoms with Crippen LogP contribution < -0.4 is 0 Å². The highest BCUT2D eigenvalue weighted by Crippen LogP contribution is 2.36. The van der Waals surface area contributed by atoms with Crippen LogP contribution in [-0.4, -0.2) is 49.9 Å². The molecule has 1 fully saturated rings. The highest BCUT2D eigenvalue weighted by atomic mass is 35.5. The third-order valence-electron chi connectivity index (χ3n) is 6.42. The predicted octanol–water partition coefficient (Wildman–Crippen LogP) is 5.97. The first-order valence-electron chi connectivity index (χ1n) is 12.1. The normalized spacial score (nSPS) is 15.6. The summed E-state index contributed by atoms with van der Waals surface area (Å²) in [7, 11) is 1.18. The molecule has 3 heterocycles. The van der Waals surface area contributed by atoms with Crippen LogP contribution in [0, 0.1) is 0 Å². The number of rotatable bonds is 7. The molecule has 2 aromatic heterocycles. The Hall–Kier alpha value is -4.16. The number of imide groups is 1. The number of carbonyl (C=O) groups excluding carboxylic acids is 3. The minimum absolute atomic E-state index is 0.0103. The minimum Gasteiger partial charge on any atom is -0.467 e. The number of esters is 1. The minimum atomic E-state index is -4.58. The van der Waals surface area contributed by atoms with Crippen molar-refractivity contribution in [2.24, 2.45) is 0 Å². The molecular formula is C28H20ClF3N4O4S. The zero-order valence-electron chi connectivity index (χ0n) is 21.3. The maximum atomic E-state index is 13.5. The van der Waals surface area contributed by atoms with Crippen LogP contribution in [0.1, 0.15) is 22.3 Å². The van der Waals surface area contributed by atoms with Gasteiger partial charge in [0.25, 0.3) is 11.1 Å². The van der Waals surface area contributed by atoms with Crippen molar-refractivity contribution in [2.45, 2.75) is 25.2 Å². The number of ether oxygens (including phenoxy) is 1. The van der Waals surface area contributed by atoms with E-state index in [4.69, 9.17) is 16.3 Å². The highest BCUT2D eigenvalue weighted by molar-refractivity contribution is 8.18. The van der Waals surface area contributed by atoms with Crippen LogP contribution in [0.2, 0.25) is 5.02 Å². The molecule has 0 spiro atoms. The zero-order chi connectivity index (χ0) is 29.3. The molecule has 0 N–H and O–H groups in total. The Morgan fingerprint density at radius 2 is 1.95 bits per heavy atom. The van der Waals surface area contributed by atoms with Crippen molar-refractivity contribution in [3.8, 4) is 0 Å². The summed E-state index contributed by atoms with van der Waals surface area (Å²) >= 11 is 6.49. The second-order valence-electron chi connectivity index (χ2n) is 9.08. The van der Waals surface area contributed by atoms with Gasteiger partial charge in [-0.05, 0) is 64.9 Å². The largest absolute Gasteiger partial charge is 0.467 e. The van der Waals surface area contributed by atoms with Gasteiger partial charge in [0.15, 0.2) is 0 Å². The van der Waals surface area contributed by atoms with Crippen molar-refractivity contribution >= 4 is 57.5 Å². The Morgan fingerprint density at radius 3 is 2.66 bits per heavy atom. The van der Waals surface area contributed by atoms with Crippen LogP contribution >= 0.6 is 23.4 Å². The molecule has 0 aliphatic carbocycles. The fourth-order valence-electron chi connectivity index (χ4n) is 4.49. The van der Waals surface area contributed by atoms with Gasteiger partial charge in [0, 0.05) is 29.2 Å². The Balaban J connectivity index is 1.40. The number of amides is 2. The first-order chi connectivity index (χ1) is 19.5. The quantitative estimate of drug-likeness (QED) is 0.190. The van der Waals surface area contributed by atoms with E-state index in [1.54, 1.807) is 36.5 Å². The lowest BCUT2D eigenvalue weighted by atomic mass is 10.1. The second kappa shape index (κ2) is 11.4. The number of nitrogens with zero attached hydrogens (tertiary/aromatic N) is 4. The Bertz CT molecular complexity index is 1690. The Morgan fingerprint density at radius 1 is 1.15 bits per heavy atom. The van der Waals surface area contributed by atoms with Crippen LogP contribution in [0.15, 0.2) is 72.0 Å². The molecule has 2 aromatic carbocycles. The monoisotopic (exact) mass is 600 g/mol. The zero-order valence-corrected chi connectivity index (χ0v) is 22.8. The molecular weight excluding hydrogens is 581 g/mol. The summed E-state index contributed by atoms with van der Waals surface area (Å²) in [5.41, 5.74) is 0.952. The van der Waals surface area contributed by atoms with E-state index in [1.807, 2.05) is 0 Å². The van der Waals surface area contributed by atoms with E-state index in [2.05, 4.69) is 10.1 Å². The molecule has 1 aliphatic rings. The van der Waals surface area contributed by atoms with Gasteiger partial charge in [-0.25, -0.2) is 4.79 Å². The van der Waals surface area contributed by atoms with Crippen LogP contribution in [0.4, 0.5) is 18.0 Å². The van der Waals surface area contributed by atoms with Gasteiger partial charge in [-0.2, -0.15) is 18.3 Å². The number of pyridine rings is 1. The first-order valence-corrected chi connectivity index (χ1v) is 13.3. The number of methoxy groups -OCH3 is 1. The fraction of sp³-hybridized carbons (Fsp3) is 0.179. The van der Waals surface area contributed by atoms with Crippen molar-refractivity contribution in [3.05, 3.63) is 99.3 Å². The standard InChI is InChI=1S/C28H20ClF3N4O4S/c1-40-26(38)23(10-17-3-2-8-33-13-17)36-25(37)24(41-27(36)39)11-16-4-7-22-19(9-16)14-34-35(22)15-18-5-6-20(29)12-21(18)28(30,31)32/h2-9,11-14,23H,10,15H2,1H3. The number of halogens is 4. The van der Waals surface area contributed by atoms with E-state index in [0.29, 0.717) is 33.8 Å². The van der Waals surface area contributed by atoms with Crippen LogP contribution in [0.25, 0.3) is 17.0 Å². The van der Waals surface area contributed by atoms with Gasteiger partial charge in [-0.1, -0.05) is 29.8 Å². The maximum absolute atomic E-state index is 13.5. The van der Waals surface area contributed by atoms with E-state index in [1.165, 1.54) is 42.4 Å². The summed E-state index contributed by atoms with van der Waals surface area (Å²) in [5, 5.41) is 4.23. The summed E-state index contributed by atoms with van der Waals surface area (Å²) < 4.78 is 46.9. The predicted molar refractivity (Wildman–Crippen MR) is 147 cm³/mol. The molecule has 0 saturated carbocycles. The number of carbonyl (C=O) groups is 3. The van der Waals surface area contributed by atoms with Gasteiger partial charge in [0.05, 0.1) is 35.8 Å². The summed E-state index contributed by atoms with van der Waals surface area (Å²) in [5.74, 6) is -1.38. The summed E-state index contributed by atoms with van der Waals surface area (Å²) in [6.07, 6.45) is 1.59. The number of thioether (sulfide) groups is 1. The highest BCUT2D eigenvalue weighted by Gasteiger charge is 2.43. The molecule has 4 aromatic rings. The van der Waals surface area contributed by atoms with Gasteiger partial charge >= 0.3 is 12.1 Å².